The van der Waals surface area contributed by atoms with Crippen LogP contribution >= 0.6 is 0 Å². The van der Waals surface area contributed by atoms with Crippen molar-refractivity contribution in [3.05, 3.63) is 69.5 Å². The Morgan fingerprint density at radius 2 is 1.89 bits per heavy atom. The highest BCUT2D eigenvalue weighted by atomic mass is 19.1. The molecule has 0 spiro atoms. The zero-order valence-electron chi connectivity index (χ0n) is 9.67. The van der Waals surface area contributed by atoms with Crippen LogP contribution in [0.4, 0.5) is 15.8 Å². The molecule has 6 heteroatoms. The Bertz CT molecular complexity index is 671. The number of carbonyl (C=O) groups is 1. The van der Waals surface area contributed by atoms with Gasteiger partial charge in [-0.15, -0.1) is 0 Å². The van der Waals surface area contributed by atoms with E-state index >= 15 is 0 Å². The highest BCUT2D eigenvalue weighted by Crippen LogP contribution is 2.24. The number of rotatable bonds is 3. The van der Waals surface area contributed by atoms with Crippen LogP contribution in [0.25, 0.3) is 0 Å². The summed E-state index contributed by atoms with van der Waals surface area (Å²) in [6.45, 7) is 0. The second-order valence-electron chi connectivity index (χ2n) is 3.84. The number of benzene rings is 2. The van der Waals surface area contributed by atoms with E-state index in [0.717, 1.165) is 6.07 Å². The molecule has 0 aliphatic heterocycles. The summed E-state index contributed by atoms with van der Waals surface area (Å²) in [5.41, 5.74) is 5.07. The lowest BCUT2D eigenvalue weighted by Crippen LogP contribution is -2.05. The minimum absolute atomic E-state index is 0.101. The van der Waals surface area contributed by atoms with Gasteiger partial charge in [-0.1, -0.05) is 12.1 Å². The average molecular weight is 260 g/mol. The van der Waals surface area contributed by atoms with Gasteiger partial charge in [0.05, 0.1) is 10.5 Å². The number of nitrogens with zero attached hydrogens (tertiary/aromatic N) is 1. The maximum absolute atomic E-state index is 13.5. The molecule has 2 rings (SSSR count). The van der Waals surface area contributed by atoms with E-state index < -0.39 is 16.5 Å². The van der Waals surface area contributed by atoms with Crippen molar-refractivity contribution in [2.75, 3.05) is 5.73 Å². The molecule has 0 aliphatic carbocycles. The van der Waals surface area contributed by atoms with Crippen molar-refractivity contribution >= 4 is 17.2 Å². The highest BCUT2D eigenvalue weighted by Gasteiger charge is 2.17. The highest BCUT2D eigenvalue weighted by molar-refractivity contribution is 6.09. The zero-order chi connectivity index (χ0) is 14.0. The summed E-state index contributed by atoms with van der Waals surface area (Å²) < 4.78 is 13.5. The summed E-state index contributed by atoms with van der Waals surface area (Å²) in [5.74, 6) is -1.22. The molecule has 5 nitrogen and oxygen atoms in total. The fraction of sp³-hybridized carbons (Fsp3) is 0. The molecule has 2 N–H and O–H groups in total. The normalized spacial score (nSPS) is 10.2. The van der Waals surface area contributed by atoms with Crippen molar-refractivity contribution < 1.29 is 14.1 Å². The van der Waals surface area contributed by atoms with Crippen LogP contribution in [0.5, 0.6) is 0 Å². The number of ketones is 1. The summed E-state index contributed by atoms with van der Waals surface area (Å²) in [6, 6.07) is 9.07. The fourth-order valence-corrected chi connectivity index (χ4v) is 1.66. The number of nitrogens with two attached hydrogens (primary N) is 1. The Kier molecular flexibility index (Phi) is 3.24. The Morgan fingerprint density at radius 1 is 1.21 bits per heavy atom. The number of hydrogen-bond donors (Lipinski definition) is 1. The molecule has 0 aliphatic rings. The van der Waals surface area contributed by atoms with Crippen molar-refractivity contribution in [3.63, 3.8) is 0 Å². The minimum Gasteiger partial charge on any atom is -0.393 e. The second kappa shape index (κ2) is 4.85. The molecule has 96 valence electrons. The molecule has 0 aromatic heterocycles. The molecule has 0 fully saturated rings. The van der Waals surface area contributed by atoms with Crippen molar-refractivity contribution in [3.8, 4) is 0 Å². The first-order valence-electron chi connectivity index (χ1n) is 5.34. The van der Waals surface area contributed by atoms with Crippen molar-refractivity contribution in [2.45, 2.75) is 0 Å². The predicted molar refractivity (Wildman–Crippen MR) is 67.3 cm³/mol. The third kappa shape index (κ3) is 2.42. The van der Waals surface area contributed by atoms with E-state index in [9.17, 15) is 19.3 Å². The molecule has 0 saturated carbocycles. The Balaban J connectivity index is 2.43. The van der Waals surface area contributed by atoms with Gasteiger partial charge in [-0.05, 0) is 24.3 Å². The van der Waals surface area contributed by atoms with Gasteiger partial charge in [0.2, 0.25) is 0 Å². The molecule has 0 amide bonds. The molecule has 0 radical (unpaired) electrons. The molecule has 2 aromatic rings. The third-order valence-corrected chi connectivity index (χ3v) is 2.60. The molecule has 0 unspecified atom stereocenters. The fourth-order valence-electron chi connectivity index (χ4n) is 1.66. The average Bonchev–Trinajstić information content (AvgIpc) is 2.38. The molecule has 19 heavy (non-hydrogen) atoms. The third-order valence-electron chi connectivity index (χ3n) is 2.60. The number of nitrogen functional groups attached to an aromatic ring is 1. The Labute approximate surface area is 107 Å². The van der Waals surface area contributed by atoms with Crippen LogP contribution in [0.1, 0.15) is 15.9 Å². The summed E-state index contributed by atoms with van der Waals surface area (Å²) >= 11 is 0. The van der Waals surface area contributed by atoms with E-state index in [4.69, 9.17) is 5.73 Å². The Morgan fingerprint density at radius 3 is 2.47 bits per heavy atom. The molecular formula is C13H9FN2O3. The smallest absolute Gasteiger partial charge is 0.292 e. The first-order chi connectivity index (χ1) is 9.00. The number of anilines is 1. The standard InChI is InChI=1S/C13H9FN2O3/c14-10-4-2-1-3-9(10)13(17)8-5-6-12(16(18)19)11(15)7-8/h1-7H,15H2. The van der Waals surface area contributed by atoms with Crippen LogP contribution in [0, 0.1) is 15.9 Å². The number of hydrogen-bond acceptors (Lipinski definition) is 4. The quantitative estimate of drug-likeness (QED) is 0.397. The first kappa shape index (κ1) is 12.7. The first-order valence-corrected chi connectivity index (χ1v) is 5.34. The second-order valence-corrected chi connectivity index (χ2v) is 3.84. The number of nitro groups is 1. The van der Waals surface area contributed by atoms with Gasteiger partial charge in [-0.2, -0.15) is 0 Å². The Hall–Kier alpha value is -2.76. The number of nitro benzene ring substituents is 1. The van der Waals surface area contributed by atoms with E-state index in [1.165, 1.54) is 36.4 Å². The minimum atomic E-state index is -0.649. The topological polar surface area (TPSA) is 86.2 Å². The van der Waals surface area contributed by atoms with Crippen LogP contribution in [0.2, 0.25) is 0 Å². The summed E-state index contributed by atoms with van der Waals surface area (Å²) in [5, 5.41) is 10.6. The van der Waals surface area contributed by atoms with Crippen LogP contribution in [0.15, 0.2) is 42.5 Å². The SMILES string of the molecule is Nc1cc(C(=O)c2ccccc2F)ccc1[N+](=O)[O-]. The van der Waals surface area contributed by atoms with E-state index in [-0.39, 0.29) is 22.5 Å². The van der Waals surface area contributed by atoms with Crippen LogP contribution in [0.3, 0.4) is 0 Å². The maximum atomic E-state index is 13.5. The monoisotopic (exact) mass is 260 g/mol. The van der Waals surface area contributed by atoms with Gasteiger partial charge in [-0.3, -0.25) is 14.9 Å². The van der Waals surface area contributed by atoms with Crippen LogP contribution in [-0.2, 0) is 0 Å². The zero-order valence-corrected chi connectivity index (χ0v) is 9.67. The molecule has 0 heterocycles. The van der Waals surface area contributed by atoms with Crippen LogP contribution in [-0.4, -0.2) is 10.7 Å². The largest absolute Gasteiger partial charge is 0.393 e. The molecule has 2 aromatic carbocycles. The van der Waals surface area contributed by atoms with Gasteiger partial charge < -0.3 is 5.73 Å². The lowest BCUT2D eigenvalue weighted by atomic mass is 10.0. The van der Waals surface area contributed by atoms with Crippen molar-refractivity contribution in [1.82, 2.24) is 0 Å². The van der Waals surface area contributed by atoms with E-state index in [2.05, 4.69) is 0 Å². The van der Waals surface area contributed by atoms with Gasteiger partial charge in [0.25, 0.3) is 5.69 Å². The molecule has 0 atom stereocenters. The molecular weight excluding hydrogens is 251 g/mol. The predicted octanol–water partition coefficient (Wildman–Crippen LogP) is 2.55. The van der Waals surface area contributed by atoms with E-state index in [1.807, 2.05) is 0 Å². The number of carbonyl (C=O) groups excluding carboxylic acids is 1. The summed E-state index contributed by atoms with van der Waals surface area (Å²) in [7, 11) is 0. The lowest BCUT2D eigenvalue weighted by Gasteiger charge is -2.04. The van der Waals surface area contributed by atoms with Gasteiger partial charge in [0, 0.05) is 11.6 Å². The van der Waals surface area contributed by atoms with Crippen molar-refractivity contribution in [2.24, 2.45) is 0 Å². The van der Waals surface area contributed by atoms with Gasteiger partial charge in [0.1, 0.15) is 11.5 Å². The lowest BCUT2D eigenvalue weighted by molar-refractivity contribution is -0.383. The van der Waals surface area contributed by atoms with Gasteiger partial charge in [0.15, 0.2) is 5.78 Å². The van der Waals surface area contributed by atoms with E-state index in [1.54, 1.807) is 0 Å². The molecule has 0 saturated heterocycles. The number of halogens is 1. The molecule has 0 bridgehead atoms. The summed E-state index contributed by atoms with van der Waals surface area (Å²) in [4.78, 5) is 22.0. The van der Waals surface area contributed by atoms with Crippen molar-refractivity contribution in [1.29, 1.82) is 0 Å². The maximum Gasteiger partial charge on any atom is 0.292 e. The van der Waals surface area contributed by atoms with Gasteiger partial charge >= 0.3 is 0 Å². The van der Waals surface area contributed by atoms with Crippen LogP contribution < -0.4 is 5.73 Å². The van der Waals surface area contributed by atoms with Gasteiger partial charge in [-0.25, -0.2) is 4.39 Å². The summed E-state index contributed by atoms with van der Waals surface area (Å²) in [6.07, 6.45) is 0. The van der Waals surface area contributed by atoms with E-state index in [0.29, 0.717) is 0 Å².